The molecular weight excluding hydrogens is 382 g/mol. The third kappa shape index (κ3) is 4.57. The van der Waals surface area contributed by atoms with Gasteiger partial charge in [-0.05, 0) is 24.3 Å². The number of para-hydroxylation sites is 1. The molecule has 1 aromatic heterocycles. The molecule has 0 aliphatic heterocycles. The number of benzene rings is 3. The van der Waals surface area contributed by atoms with Gasteiger partial charge in [-0.2, -0.15) is 10.2 Å². The average molecular weight is 401 g/mol. The van der Waals surface area contributed by atoms with Crippen LogP contribution in [-0.2, 0) is 0 Å². The first kappa shape index (κ1) is 20.4. The topological polar surface area (TPSA) is 117 Å². The van der Waals surface area contributed by atoms with Crippen molar-refractivity contribution in [2.24, 2.45) is 5.10 Å². The molecule has 30 heavy (non-hydrogen) atoms. The molecule has 0 bridgehead atoms. The zero-order valence-electron chi connectivity index (χ0n) is 15.8. The summed E-state index contributed by atoms with van der Waals surface area (Å²) >= 11 is 0. The number of hydrogen-bond acceptors (Lipinski definition) is 5. The van der Waals surface area contributed by atoms with Crippen LogP contribution in [0, 0.1) is 10.1 Å². The summed E-state index contributed by atoms with van der Waals surface area (Å²) in [6, 6.07) is 25.8. The summed E-state index contributed by atoms with van der Waals surface area (Å²) in [4.78, 5) is 10.3. The highest BCUT2D eigenvalue weighted by Crippen LogP contribution is 2.22. The Balaban J connectivity index is 0.00000256. The van der Waals surface area contributed by atoms with Crippen LogP contribution in [0.25, 0.3) is 16.9 Å². The SMILES string of the molecule is O.O=[N+]([O-])c1ccc(N/N=C/c2cn(-c3ccccc3)nc2-c2ccccc2)cc1. The van der Waals surface area contributed by atoms with Gasteiger partial charge in [0.15, 0.2) is 0 Å². The average Bonchev–Trinajstić information content (AvgIpc) is 3.19. The Kier molecular flexibility index (Phi) is 6.31. The molecule has 0 fully saturated rings. The lowest BCUT2D eigenvalue weighted by Crippen LogP contribution is -1.93. The first-order valence-corrected chi connectivity index (χ1v) is 8.95. The van der Waals surface area contributed by atoms with E-state index in [0.717, 1.165) is 22.5 Å². The Hall–Kier alpha value is -4.30. The minimum atomic E-state index is -0.433. The highest BCUT2D eigenvalue weighted by Gasteiger charge is 2.11. The molecule has 4 rings (SSSR count). The van der Waals surface area contributed by atoms with Crippen LogP contribution in [0.15, 0.2) is 96.2 Å². The third-order valence-electron chi connectivity index (χ3n) is 4.29. The van der Waals surface area contributed by atoms with Crippen LogP contribution in [0.2, 0.25) is 0 Å². The van der Waals surface area contributed by atoms with Crippen molar-refractivity contribution in [3.05, 3.63) is 107 Å². The second kappa shape index (κ2) is 9.26. The predicted molar refractivity (Wildman–Crippen MR) is 117 cm³/mol. The first-order valence-electron chi connectivity index (χ1n) is 8.95. The number of aromatic nitrogens is 2. The van der Waals surface area contributed by atoms with Crippen molar-refractivity contribution in [2.75, 3.05) is 5.43 Å². The summed E-state index contributed by atoms with van der Waals surface area (Å²) in [5.41, 5.74) is 7.18. The number of hydrogen-bond donors (Lipinski definition) is 1. The molecule has 0 saturated heterocycles. The van der Waals surface area contributed by atoms with E-state index in [1.165, 1.54) is 12.1 Å². The van der Waals surface area contributed by atoms with Gasteiger partial charge < -0.3 is 5.48 Å². The van der Waals surface area contributed by atoms with E-state index in [0.29, 0.717) is 5.69 Å². The van der Waals surface area contributed by atoms with Crippen molar-refractivity contribution < 1.29 is 10.4 Å². The van der Waals surface area contributed by atoms with Gasteiger partial charge >= 0.3 is 0 Å². The standard InChI is InChI=1S/C22H17N5O2.H2O/c28-27(29)21-13-11-19(12-14-21)24-23-15-18-16-26(20-9-5-2-6-10-20)25-22(18)17-7-3-1-4-8-17;/h1-16,24H;1H2/b23-15+;. The summed E-state index contributed by atoms with van der Waals surface area (Å²) in [5, 5.41) is 19.8. The molecule has 0 radical (unpaired) electrons. The lowest BCUT2D eigenvalue weighted by molar-refractivity contribution is -0.384. The van der Waals surface area contributed by atoms with E-state index in [9.17, 15) is 10.1 Å². The lowest BCUT2D eigenvalue weighted by atomic mass is 10.1. The zero-order valence-corrected chi connectivity index (χ0v) is 15.8. The monoisotopic (exact) mass is 401 g/mol. The fourth-order valence-corrected chi connectivity index (χ4v) is 2.85. The van der Waals surface area contributed by atoms with Gasteiger partial charge in [0.1, 0.15) is 5.69 Å². The number of hydrazone groups is 1. The molecule has 0 aliphatic rings. The van der Waals surface area contributed by atoms with Crippen molar-refractivity contribution in [2.45, 2.75) is 0 Å². The molecule has 0 saturated carbocycles. The molecule has 3 N–H and O–H groups in total. The van der Waals surface area contributed by atoms with E-state index in [-0.39, 0.29) is 11.2 Å². The van der Waals surface area contributed by atoms with E-state index in [2.05, 4.69) is 10.5 Å². The summed E-state index contributed by atoms with van der Waals surface area (Å²) in [6.45, 7) is 0. The number of nitro benzene ring substituents is 1. The smallest absolute Gasteiger partial charge is 0.269 e. The van der Waals surface area contributed by atoms with Gasteiger partial charge in [0.25, 0.3) is 5.69 Å². The van der Waals surface area contributed by atoms with E-state index < -0.39 is 4.92 Å². The zero-order chi connectivity index (χ0) is 20.1. The van der Waals surface area contributed by atoms with Crippen molar-refractivity contribution in [3.8, 4) is 16.9 Å². The fraction of sp³-hybridized carbons (Fsp3) is 0. The molecule has 4 aromatic rings. The van der Waals surface area contributed by atoms with Gasteiger partial charge in [-0.25, -0.2) is 4.68 Å². The molecule has 8 heteroatoms. The normalized spacial score (nSPS) is 10.5. The lowest BCUT2D eigenvalue weighted by Gasteiger charge is -2.00. The summed E-state index contributed by atoms with van der Waals surface area (Å²) in [6.07, 6.45) is 3.61. The van der Waals surface area contributed by atoms with Crippen molar-refractivity contribution in [3.63, 3.8) is 0 Å². The second-order valence-corrected chi connectivity index (χ2v) is 6.25. The predicted octanol–water partition coefficient (Wildman–Crippen LogP) is 4.07. The minimum absolute atomic E-state index is 0. The van der Waals surface area contributed by atoms with Gasteiger partial charge in [-0.15, -0.1) is 0 Å². The highest BCUT2D eigenvalue weighted by atomic mass is 16.6. The summed E-state index contributed by atoms with van der Waals surface area (Å²) in [7, 11) is 0. The number of nitrogens with zero attached hydrogens (tertiary/aromatic N) is 4. The molecular formula is C22H19N5O3. The van der Waals surface area contributed by atoms with Gasteiger partial charge in [0.05, 0.1) is 22.5 Å². The van der Waals surface area contributed by atoms with Gasteiger partial charge in [0.2, 0.25) is 0 Å². The fourth-order valence-electron chi connectivity index (χ4n) is 2.85. The molecule has 8 nitrogen and oxygen atoms in total. The molecule has 0 amide bonds. The maximum atomic E-state index is 10.7. The maximum absolute atomic E-state index is 10.7. The molecule has 150 valence electrons. The van der Waals surface area contributed by atoms with Gasteiger partial charge in [-0.3, -0.25) is 15.5 Å². The third-order valence-corrected chi connectivity index (χ3v) is 4.29. The van der Waals surface area contributed by atoms with Crippen LogP contribution in [0.5, 0.6) is 0 Å². The highest BCUT2D eigenvalue weighted by molar-refractivity contribution is 5.89. The van der Waals surface area contributed by atoms with Crippen molar-refractivity contribution in [1.29, 1.82) is 0 Å². The van der Waals surface area contributed by atoms with Crippen LogP contribution in [0.3, 0.4) is 0 Å². The van der Waals surface area contributed by atoms with Crippen LogP contribution < -0.4 is 5.43 Å². The van der Waals surface area contributed by atoms with E-state index in [1.54, 1.807) is 18.3 Å². The number of anilines is 1. The Morgan fingerprint density at radius 2 is 1.57 bits per heavy atom. The number of nitrogens with one attached hydrogen (secondary N) is 1. The Morgan fingerprint density at radius 1 is 0.933 bits per heavy atom. The number of rotatable bonds is 6. The number of non-ortho nitro benzene ring substituents is 1. The van der Waals surface area contributed by atoms with E-state index in [4.69, 9.17) is 5.10 Å². The molecule has 0 atom stereocenters. The molecule has 0 unspecified atom stereocenters. The molecule has 0 spiro atoms. The van der Waals surface area contributed by atoms with Crippen LogP contribution in [0.4, 0.5) is 11.4 Å². The van der Waals surface area contributed by atoms with Crippen molar-refractivity contribution in [1.82, 2.24) is 9.78 Å². The Morgan fingerprint density at radius 3 is 2.20 bits per heavy atom. The molecule has 0 aliphatic carbocycles. The van der Waals surface area contributed by atoms with E-state index >= 15 is 0 Å². The van der Waals surface area contributed by atoms with E-state index in [1.807, 2.05) is 71.5 Å². The molecule has 1 heterocycles. The van der Waals surface area contributed by atoms with Crippen LogP contribution >= 0.6 is 0 Å². The van der Waals surface area contributed by atoms with Gasteiger partial charge in [0, 0.05) is 29.5 Å². The van der Waals surface area contributed by atoms with Crippen molar-refractivity contribution >= 4 is 17.6 Å². The maximum Gasteiger partial charge on any atom is 0.269 e. The quantitative estimate of drug-likeness (QED) is 0.298. The Labute approximate surface area is 172 Å². The minimum Gasteiger partial charge on any atom is -0.412 e. The largest absolute Gasteiger partial charge is 0.412 e. The number of nitro groups is 1. The summed E-state index contributed by atoms with van der Waals surface area (Å²) in [5.74, 6) is 0. The second-order valence-electron chi connectivity index (χ2n) is 6.25. The van der Waals surface area contributed by atoms with Crippen LogP contribution in [-0.4, -0.2) is 26.4 Å². The van der Waals surface area contributed by atoms with Gasteiger partial charge in [-0.1, -0.05) is 48.5 Å². The Bertz CT molecular complexity index is 1140. The molecule has 3 aromatic carbocycles. The van der Waals surface area contributed by atoms with Crippen LogP contribution in [0.1, 0.15) is 5.56 Å². The first-order chi connectivity index (χ1) is 14.2. The summed E-state index contributed by atoms with van der Waals surface area (Å²) < 4.78 is 1.82.